The first kappa shape index (κ1) is 19.8. The summed E-state index contributed by atoms with van der Waals surface area (Å²) in [6.07, 6.45) is 2.86. The number of nitrogens with zero attached hydrogens (tertiary/aromatic N) is 2. The SMILES string of the molecule is CC(C)(C)c1ccc(S(=O)(=O)N/N=C\c2cn[nH]c2-c2ccc(F)cc2)cc1. The molecule has 1 heterocycles. The Kier molecular flexibility index (Phi) is 5.33. The van der Waals surface area contributed by atoms with Gasteiger partial charge in [-0.3, -0.25) is 5.10 Å². The number of halogens is 1. The third-order valence-electron chi connectivity index (χ3n) is 4.21. The van der Waals surface area contributed by atoms with E-state index < -0.39 is 10.0 Å². The van der Waals surface area contributed by atoms with Gasteiger partial charge in [0, 0.05) is 11.1 Å². The normalized spacial score (nSPS) is 12.4. The number of hydrogen-bond acceptors (Lipinski definition) is 4. The van der Waals surface area contributed by atoms with Crippen LogP contribution < -0.4 is 4.83 Å². The van der Waals surface area contributed by atoms with E-state index in [-0.39, 0.29) is 16.1 Å². The van der Waals surface area contributed by atoms with Gasteiger partial charge >= 0.3 is 0 Å². The summed E-state index contributed by atoms with van der Waals surface area (Å²) in [5.74, 6) is -0.344. The quantitative estimate of drug-likeness (QED) is 0.504. The van der Waals surface area contributed by atoms with Crippen LogP contribution in [0, 0.1) is 5.82 Å². The molecule has 0 fully saturated rings. The Hall–Kier alpha value is -3.00. The van der Waals surface area contributed by atoms with Crippen LogP contribution >= 0.6 is 0 Å². The molecule has 28 heavy (non-hydrogen) atoms. The summed E-state index contributed by atoms with van der Waals surface area (Å²) >= 11 is 0. The van der Waals surface area contributed by atoms with E-state index in [0.29, 0.717) is 16.8 Å². The van der Waals surface area contributed by atoms with Crippen LogP contribution in [-0.4, -0.2) is 24.8 Å². The summed E-state index contributed by atoms with van der Waals surface area (Å²) in [6.45, 7) is 6.17. The average Bonchev–Trinajstić information content (AvgIpc) is 3.10. The maximum Gasteiger partial charge on any atom is 0.276 e. The number of H-pyrrole nitrogens is 1. The average molecular weight is 400 g/mol. The van der Waals surface area contributed by atoms with Crippen LogP contribution in [0.4, 0.5) is 4.39 Å². The lowest BCUT2D eigenvalue weighted by Crippen LogP contribution is -2.19. The van der Waals surface area contributed by atoms with Gasteiger partial charge in [-0.2, -0.15) is 18.6 Å². The van der Waals surface area contributed by atoms with Crippen molar-refractivity contribution in [3.63, 3.8) is 0 Å². The maximum absolute atomic E-state index is 13.1. The lowest BCUT2D eigenvalue weighted by molar-refractivity contribution is 0.580. The summed E-state index contributed by atoms with van der Waals surface area (Å²) in [6, 6.07) is 12.6. The van der Waals surface area contributed by atoms with E-state index in [0.717, 1.165) is 5.56 Å². The Balaban J connectivity index is 1.76. The highest BCUT2D eigenvalue weighted by Crippen LogP contribution is 2.23. The van der Waals surface area contributed by atoms with Crippen molar-refractivity contribution in [2.45, 2.75) is 31.1 Å². The topological polar surface area (TPSA) is 87.2 Å². The second-order valence-electron chi connectivity index (χ2n) is 7.33. The van der Waals surface area contributed by atoms with Gasteiger partial charge in [0.1, 0.15) is 5.82 Å². The summed E-state index contributed by atoms with van der Waals surface area (Å²) in [5, 5.41) is 10.6. The van der Waals surface area contributed by atoms with Crippen LogP contribution in [0.15, 0.2) is 64.7 Å². The zero-order chi connectivity index (χ0) is 20.4. The Bertz CT molecular complexity index is 1080. The van der Waals surface area contributed by atoms with E-state index >= 15 is 0 Å². The number of aromatic nitrogens is 2. The smallest absolute Gasteiger partial charge is 0.276 e. The Morgan fingerprint density at radius 2 is 1.71 bits per heavy atom. The molecule has 0 aliphatic heterocycles. The Morgan fingerprint density at radius 1 is 1.07 bits per heavy atom. The number of hydrogen-bond donors (Lipinski definition) is 2. The fraction of sp³-hybridized carbons (Fsp3) is 0.200. The van der Waals surface area contributed by atoms with Gasteiger partial charge in [0.25, 0.3) is 10.0 Å². The molecule has 0 aliphatic rings. The van der Waals surface area contributed by atoms with Gasteiger partial charge in [-0.15, -0.1) is 0 Å². The molecule has 3 rings (SSSR count). The summed E-state index contributed by atoms with van der Waals surface area (Å²) in [5.41, 5.74) is 2.86. The molecular weight excluding hydrogens is 379 g/mol. The molecule has 0 unspecified atom stereocenters. The molecular formula is C20H21FN4O2S. The van der Waals surface area contributed by atoms with E-state index in [9.17, 15) is 12.8 Å². The van der Waals surface area contributed by atoms with Gasteiger partial charge < -0.3 is 0 Å². The molecule has 3 aromatic rings. The molecule has 0 saturated heterocycles. The van der Waals surface area contributed by atoms with Crippen molar-refractivity contribution < 1.29 is 12.8 Å². The van der Waals surface area contributed by atoms with Crippen LogP contribution in [0.1, 0.15) is 31.9 Å². The second-order valence-corrected chi connectivity index (χ2v) is 9.00. The lowest BCUT2D eigenvalue weighted by Gasteiger charge is -2.19. The molecule has 2 N–H and O–H groups in total. The number of aromatic amines is 1. The van der Waals surface area contributed by atoms with Crippen molar-refractivity contribution in [3.8, 4) is 11.3 Å². The molecule has 2 aromatic carbocycles. The molecule has 0 atom stereocenters. The van der Waals surface area contributed by atoms with Gasteiger partial charge in [-0.25, -0.2) is 9.22 Å². The number of hydrazone groups is 1. The van der Waals surface area contributed by atoms with Crippen LogP contribution in [0.3, 0.4) is 0 Å². The maximum atomic E-state index is 13.1. The third-order valence-corrected chi connectivity index (χ3v) is 5.45. The van der Waals surface area contributed by atoms with Crippen LogP contribution in [0.5, 0.6) is 0 Å². The van der Waals surface area contributed by atoms with Crippen molar-refractivity contribution in [2.75, 3.05) is 0 Å². The first-order chi connectivity index (χ1) is 13.2. The molecule has 0 radical (unpaired) electrons. The van der Waals surface area contributed by atoms with Crippen LogP contribution in [0.2, 0.25) is 0 Å². The first-order valence-electron chi connectivity index (χ1n) is 8.61. The van der Waals surface area contributed by atoms with Gasteiger partial charge in [0.2, 0.25) is 0 Å². The molecule has 1 aromatic heterocycles. The van der Waals surface area contributed by atoms with E-state index in [1.165, 1.54) is 24.5 Å². The fourth-order valence-electron chi connectivity index (χ4n) is 2.59. The van der Waals surface area contributed by atoms with Crippen LogP contribution in [0.25, 0.3) is 11.3 Å². The minimum atomic E-state index is -3.79. The summed E-state index contributed by atoms with van der Waals surface area (Å²) in [7, 11) is -3.79. The molecule has 146 valence electrons. The van der Waals surface area contributed by atoms with Crippen LogP contribution in [-0.2, 0) is 15.4 Å². The number of sulfonamides is 1. The largest absolute Gasteiger partial charge is 0.277 e. The predicted molar refractivity (Wildman–Crippen MR) is 107 cm³/mol. The van der Waals surface area contributed by atoms with E-state index in [1.807, 2.05) is 0 Å². The van der Waals surface area contributed by atoms with E-state index in [2.05, 4.69) is 40.9 Å². The highest BCUT2D eigenvalue weighted by Gasteiger charge is 2.17. The van der Waals surface area contributed by atoms with Crippen molar-refractivity contribution in [1.82, 2.24) is 15.0 Å². The standard InChI is InChI=1S/C20H21FN4O2S/c1-20(2,3)16-6-10-18(11-7-16)28(26,27)25-23-13-15-12-22-24-19(15)14-4-8-17(21)9-5-14/h4-13,25H,1-3H3,(H,22,24)/b23-13-. The molecule has 0 aliphatic carbocycles. The van der Waals surface area contributed by atoms with Gasteiger partial charge in [-0.1, -0.05) is 32.9 Å². The second kappa shape index (κ2) is 7.55. The third kappa shape index (κ3) is 4.45. The molecule has 8 heteroatoms. The predicted octanol–water partition coefficient (Wildman–Crippen LogP) is 3.83. The Labute approximate surface area is 163 Å². The molecule has 0 amide bonds. The number of nitrogens with one attached hydrogen (secondary N) is 2. The minimum Gasteiger partial charge on any atom is -0.277 e. The van der Waals surface area contributed by atoms with Gasteiger partial charge in [-0.05, 0) is 47.4 Å². The minimum absolute atomic E-state index is 0.0636. The van der Waals surface area contributed by atoms with Crippen molar-refractivity contribution in [2.24, 2.45) is 5.10 Å². The van der Waals surface area contributed by atoms with Crippen molar-refractivity contribution in [1.29, 1.82) is 0 Å². The Morgan fingerprint density at radius 3 is 2.32 bits per heavy atom. The summed E-state index contributed by atoms with van der Waals surface area (Å²) < 4.78 is 37.9. The first-order valence-corrected chi connectivity index (χ1v) is 10.1. The zero-order valence-electron chi connectivity index (χ0n) is 15.8. The van der Waals surface area contributed by atoms with Crippen molar-refractivity contribution >= 4 is 16.2 Å². The fourth-order valence-corrected chi connectivity index (χ4v) is 3.38. The molecule has 0 spiro atoms. The molecule has 0 bridgehead atoms. The van der Waals surface area contributed by atoms with Crippen molar-refractivity contribution in [3.05, 3.63) is 71.7 Å². The van der Waals surface area contributed by atoms with E-state index in [4.69, 9.17) is 0 Å². The molecule has 6 nitrogen and oxygen atoms in total. The molecule has 0 saturated carbocycles. The van der Waals surface area contributed by atoms with Gasteiger partial charge in [0.05, 0.1) is 23.0 Å². The monoisotopic (exact) mass is 400 g/mol. The summed E-state index contributed by atoms with van der Waals surface area (Å²) in [4.78, 5) is 2.33. The number of rotatable bonds is 5. The zero-order valence-corrected chi connectivity index (χ0v) is 16.6. The number of benzene rings is 2. The lowest BCUT2D eigenvalue weighted by atomic mass is 9.87. The van der Waals surface area contributed by atoms with Gasteiger partial charge in [0.15, 0.2) is 0 Å². The highest BCUT2D eigenvalue weighted by atomic mass is 32.2. The van der Waals surface area contributed by atoms with E-state index in [1.54, 1.807) is 36.4 Å². The highest BCUT2D eigenvalue weighted by molar-refractivity contribution is 7.89.